The van der Waals surface area contributed by atoms with Gasteiger partial charge in [0, 0.05) is 43.9 Å². The zero-order valence-corrected chi connectivity index (χ0v) is 16.3. The molecule has 0 saturated heterocycles. The van der Waals surface area contributed by atoms with E-state index in [2.05, 4.69) is 51.2 Å². The Morgan fingerprint density at radius 1 is 0.818 bits per heavy atom. The normalized spacial score (nSPS) is 10.3. The largest absolute Gasteiger partial charge is 0.198 e. The molecule has 0 N–H and O–H groups in total. The Hall–Kier alpha value is -0.400. The van der Waals surface area contributed by atoms with Gasteiger partial charge in [-0.25, -0.2) is 0 Å². The Labute approximate surface area is 152 Å². The highest BCUT2D eigenvalue weighted by molar-refractivity contribution is 8.02. The van der Waals surface area contributed by atoms with Crippen LogP contribution in [0.3, 0.4) is 0 Å². The van der Waals surface area contributed by atoms with Gasteiger partial charge >= 0.3 is 0 Å². The van der Waals surface area contributed by atoms with Crippen molar-refractivity contribution in [2.75, 3.05) is 11.5 Å². The molecule has 0 fully saturated rings. The highest BCUT2D eigenvalue weighted by Gasteiger charge is 2.19. The highest BCUT2D eigenvalue weighted by atomic mass is 32.2. The summed E-state index contributed by atoms with van der Waals surface area (Å²) in [5, 5.41) is 17.6. The lowest BCUT2D eigenvalue weighted by atomic mass is 10.1. The van der Waals surface area contributed by atoms with E-state index in [1.54, 1.807) is 23.5 Å². The number of thiol groups is 2. The molecule has 0 aromatic heterocycles. The Morgan fingerprint density at radius 2 is 1.18 bits per heavy atom. The van der Waals surface area contributed by atoms with Crippen LogP contribution < -0.4 is 0 Å². The topological polar surface area (TPSA) is 47.6 Å². The molecule has 0 amide bonds. The van der Waals surface area contributed by atoms with Crippen LogP contribution in [-0.4, -0.2) is 11.5 Å². The maximum absolute atomic E-state index is 8.78. The summed E-state index contributed by atoms with van der Waals surface area (Å²) in [6.45, 7) is 4.23. The number of nitrogens with zero attached hydrogens (tertiary/aromatic N) is 2. The lowest BCUT2D eigenvalue weighted by Crippen LogP contribution is -2.01. The molecule has 22 heavy (non-hydrogen) atoms. The zero-order valence-electron chi connectivity index (χ0n) is 12.8. The van der Waals surface area contributed by atoms with Gasteiger partial charge in [0.15, 0.2) is 0 Å². The van der Waals surface area contributed by atoms with E-state index in [1.807, 2.05) is 0 Å². The fourth-order valence-electron chi connectivity index (χ4n) is 2.13. The van der Waals surface area contributed by atoms with Crippen LogP contribution in [0, 0.1) is 22.7 Å². The van der Waals surface area contributed by atoms with Crippen LogP contribution in [0.4, 0.5) is 0 Å². The summed E-state index contributed by atoms with van der Waals surface area (Å²) >= 11 is 12.8. The molecule has 0 spiro atoms. The summed E-state index contributed by atoms with van der Waals surface area (Å²) in [4.78, 5) is 4.35. The average molecular weight is 369 g/mol. The molecule has 1 aromatic carbocycles. The molecular formula is C16H20N2S4. The summed E-state index contributed by atoms with van der Waals surface area (Å²) in [7, 11) is 0. The monoisotopic (exact) mass is 368 g/mol. The lowest BCUT2D eigenvalue weighted by Gasteiger charge is -2.21. The molecule has 0 aliphatic heterocycles. The van der Waals surface area contributed by atoms with Crippen molar-refractivity contribution >= 4 is 48.8 Å². The molecule has 0 heterocycles. The summed E-state index contributed by atoms with van der Waals surface area (Å²) in [6.07, 6.45) is 2.83. The first-order chi connectivity index (χ1) is 10.6. The number of rotatable bonds is 8. The number of benzene rings is 1. The second-order valence-corrected chi connectivity index (χ2v) is 7.64. The van der Waals surface area contributed by atoms with Crippen molar-refractivity contribution in [2.45, 2.75) is 59.1 Å². The Kier molecular flexibility index (Phi) is 9.28. The van der Waals surface area contributed by atoms with Crippen molar-refractivity contribution in [3.05, 3.63) is 11.1 Å². The van der Waals surface area contributed by atoms with Crippen LogP contribution in [0.2, 0.25) is 0 Å². The van der Waals surface area contributed by atoms with Crippen LogP contribution >= 0.6 is 48.8 Å². The van der Waals surface area contributed by atoms with Gasteiger partial charge in [-0.15, -0.1) is 48.8 Å². The number of nitriles is 2. The third-order valence-corrected chi connectivity index (χ3v) is 6.77. The summed E-state index contributed by atoms with van der Waals surface area (Å²) in [6, 6.07) is 4.39. The zero-order chi connectivity index (χ0) is 16.5. The maximum atomic E-state index is 8.78. The number of thioether (sulfide) groups is 2. The van der Waals surface area contributed by atoms with E-state index in [4.69, 9.17) is 10.5 Å². The quantitative estimate of drug-likeness (QED) is 0.366. The van der Waals surface area contributed by atoms with Gasteiger partial charge in [0.1, 0.15) is 0 Å². The highest BCUT2D eigenvalue weighted by Crippen LogP contribution is 2.44. The summed E-state index contributed by atoms with van der Waals surface area (Å²) in [5.74, 6) is 1.55. The smallest absolute Gasteiger partial charge is 0.0630 e. The molecule has 0 bridgehead atoms. The van der Waals surface area contributed by atoms with Crippen LogP contribution in [0.25, 0.3) is 0 Å². The molecule has 0 radical (unpaired) electrons. The van der Waals surface area contributed by atoms with Gasteiger partial charge in [0.05, 0.1) is 12.1 Å². The third kappa shape index (κ3) is 4.80. The van der Waals surface area contributed by atoms with Gasteiger partial charge in [0.2, 0.25) is 0 Å². The van der Waals surface area contributed by atoms with Gasteiger partial charge in [0.25, 0.3) is 0 Å². The van der Waals surface area contributed by atoms with E-state index in [1.165, 1.54) is 20.9 Å². The molecule has 0 aliphatic rings. The Bertz CT molecular complexity index is 547. The fraction of sp³-hybridized carbons (Fsp3) is 0.500. The van der Waals surface area contributed by atoms with Crippen LogP contribution in [0.1, 0.15) is 37.8 Å². The van der Waals surface area contributed by atoms with Crippen molar-refractivity contribution < 1.29 is 0 Å². The molecule has 0 saturated carbocycles. The first kappa shape index (κ1) is 19.6. The minimum Gasteiger partial charge on any atom is -0.198 e. The second kappa shape index (κ2) is 10.4. The first-order valence-electron chi connectivity index (χ1n) is 7.21. The maximum Gasteiger partial charge on any atom is 0.0630 e. The van der Waals surface area contributed by atoms with Crippen molar-refractivity contribution in [1.82, 2.24) is 0 Å². The van der Waals surface area contributed by atoms with E-state index < -0.39 is 0 Å². The van der Waals surface area contributed by atoms with Gasteiger partial charge in [-0.1, -0.05) is 13.8 Å². The summed E-state index contributed by atoms with van der Waals surface area (Å²) in [5.41, 5.74) is 2.40. The standard InChI is InChI=1S/C16H20N2S4/c1-3-11-13(19)14(20)12(4-2)16(22-10-6-8-18)15(11)21-9-5-7-17/h19-20H,3-6,9-10H2,1-2H3. The Morgan fingerprint density at radius 3 is 1.45 bits per heavy atom. The molecule has 1 rings (SSSR count). The number of hydrogen-bond donors (Lipinski definition) is 2. The second-order valence-electron chi connectivity index (χ2n) is 4.53. The molecule has 118 valence electrons. The van der Waals surface area contributed by atoms with E-state index in [9.17, 15) is 0 Å². The van der Waals surface area contributed by atoms with Gasteiger partial charge in [-0.3, -0.25) is 0 Å². The van der Waals surface area contributed by atoms with E-state index >= 15 is 0 Å². The van der Waals surface area contributed by atoms with E-state index in [0.29, 0.717) is 12.8 Å². The predicted molar refractivity (Wildman–Crippen MR) is 102 cm³/mol. The molecule has 0 atom stereocenters. The predicted octanol–water partition coefficient (Wildman–Crippen LogP) is 5.40. The molecule has 0 aliphatic carbocycles. The van der Waals surface area contributed by atoms with Gasteiger partial charge in [-0.2, -0.15) is 10.5 Å². The fourth-order valence-corrected chi connectivity index (χ4v) is 5.59. The molecule has 0 unspecified atom stereocenters. The summed E-state index contributed by atoms with van der Waals surface area (Å²) < 4.78 is 0. The minimum absolute atomic E-state index is 0.530. The third-order valence-electron chi connectivity index (χ3n) is 3.18. The van der Waals surface area contributed by atoms with Crippen molar-refractivity contribution in [3.63, 3.8) is 0 Å². The van der Waals surface area contributed by atoms with Crippen molar-refractivity contribution in [3.8, 4) is 12.1 Å². The van der Waals surface area contributed by atoms with E-state index in [-0.39, 0.29) is 0 Å². The molecule has 2 nitrogen and oxygen atoms in total. The average Bonchev–Trinajstić information content (AvgIpc) is 2.52. The first-order valence-corrected chi connectivity index (χ1v) is 10.1. The minimum atomic E-state index is 0.530. The van der Waals surface area contributed by atoms with Gasteiger partial charge < -0.3 is 0 Å². The molecular weight excluding hydrogens is 348 g/mol. The van der Waals surface area contributed by atoms with Crippen LogP contribution in [-0.2, 0) is 12.8 Å². The Balaban J connectivity index is 3.35. The number of hydrogen-bond acceptors (Lipinski definition) is 6. The molecule has 1 aromatic rings. The van der Waals surface area contributed by atoms with Crippen molar-refractivity contribution in [2.24, 2.45) is 0 Å². The van der Waals surface area contributed by atoms with Crippen LogP contribution in [0.15, 0.2) is 19.6 Å². The lowest BCUT2D eigenvalue weighted by molar-refractivity contribution is 0.878. The van der Waals surface area contributed by atoms with Crippen molar-refractivity contribution in [1.29, 1.82) is 10.5 Å². The van der Waals surface area contributed by atoms with Gasteiger partial charge in [-0.05, 0) is 24.0 Å². The SMILES string of the molecule is CCc1c(S)c(S)c(CC)c(SCCC#N)c1SCCC#N. The molecule has 6 heteroatoms. The van der Waals surface area contributed by atoms with E-state index in [0.717, 1.165) is 34.1 Å². The van der Waals surface area contributed by atoms with Crippen LogP contribution in [0.5, 0.6) is 0 Å².